The first-order valence-electron chi connectivity index (χ1n) is 20.9. The molecule has 2 fully saturated rings. The SMILES string of the molecule is C#CCCC(=O)OCc1ccccc1.O=C1CCC(N2Cc3ccc(Br)cc3C2=O)C(=O)N1.O=C1CCC(N2Cc3ccc(C#CCCC(=O)OCc4ccccc4)cc3C2=O)C(=O)N1. The van der Waals surface area contributed by atoms with E-state index in [1.165, 1.54) is 4.90 Å². The molecule has 2 N–H and O–H groups in total. The summed E-state index contributed by atoms with van der Waals surface area (Å²) in [7, 11) is 0. The van der Waals surface area contributed by atoms with Crippen molar-refractivity contribution in [3.63, 3.8) is 0 Å². The molecule has 2 atom stereocenters. The summed E-state index contributed by atoms with van der Waals surface area (Å²) < 4.78 is 11.1. The van der Waals surface area contributed by atoms with Gasteiger partial charge in [-0.3, -0.25) is 49.0 Å². The highest BCUT2D eigenvalue weighted by atomic mass is 79.9. The number of ether oxygens (including phenoxy) is 2. The van der Waals surface area contributed by atoms with Crippen molar-refractivity contribution in [1.29, 1.82) is 0 Å². The number of nitrogens with one attached hydrogen (secondary N) is 2. The van der Waals surface area contributed by atoms with Crippen LogP contribution in [0, 0.1) is 24.2 Å². The number of halogens is 1. The van der Waals surface area contributed by atoms with E-state index in [1.807, 2.05) is 84.9 Å². The number of carbonyl (C=O) groups is 8. The molecule has 14 nitrogen and oxygen atoms in total. The van der Waals surface area contributed by atoms with Gasteiger partial charge in [0.15, 0.2) is 0 Å². The summed E-state index contributed by atoms with van der Waals surface area (Å²) in [6.45, 7) is 1.32. The second-order valence-corrected chi connectivity index (χ2v) is 16.2. The Balaban J connectivity index is 0.000000179. The normalized spacial score (nSPS) is 17.0. The van der Waals surface area contributed by atoms with E-state index in [9.17, 15) is 38.4 Å². The van der Waals surface area contributed by atoms with Gasteiger partial charge in [-0.25, -0.2) is 0 Å². The lowest BCUT2D eigenvalue weighted by Gasteiger charge is -2.29. The summed E-state index contributed by atoms with van der Waals surface area (Å²) in [4.78, 5) is 97.6. The van der Waals surface area contributed by atoms with E-state index in [2.05, 4.69) is 44.3 Å². The quantitative estimate of drug-likeness (QED) is 0.114. The Morgan fingerprint density at radius 2 is 1.12 bits per heavy atom. The van der Waals surface area contributed by atoms with Crippen LogP contribution in [0.1, 0.15) is 99.9 Å². The zero-order valence-electron chi connectivity index (χ0n) is 35.3. The zero-order chi connectivity index (χ0) is 46.3. The molecule has 0 spiro atoms. The summed E-state index contributed by atoms with van der Waals surface area (Å²) in [6, 6.07) is 28.7. The van der Waals surface area contributed by atoms with E-state index in [-0.39, 0.29) is 67.3 Å². The van der Waals surface area contributed by atoms with Gasteiger partial charge in [-0.1, -0.05) is 101 Å². The fraction of sp³-hybridized carbons (Fsp3) is 0.280. The van der Waals surface area contributed by atoms with Crippen LogP contribution in [0.2, 0.25) is 0 Å². The second-order valence-electron chi connectivity index (χ2n) is 15.3. The second kappa shape index (κ2) is 22.8. The molecule has 2 saturated heterocycles. The van der Waals surface area contributed by atoms with Gasteiger partial charge >= 0.3 is 11.9 Å². The van der Waals surface area contributed by atoms with Crippen LogP contribution < -0.4 is 10.6 Å². The number of terminal acetylenes is 1. The maximum Gasteiger partial charge on any atom is 0.307 e. The number of piperidine rings is 2. The van der Waals surface area contributed by atoms with Crippen molar-refractivity contribution in [3.8, 4) is 24.2 Å². The predicted molar refractivity (Wildman–Crippen MR) is 239 cm³/mol. The average Bonchev–Trinajstić information content (AvgIpc) is 3.81. The molecular weight excluding hydrogens is 896 g/mol. The Labute approximate surface area is 384 Å². The van der Waals surface area contributed by atoms with Crippen LogP contribution in [0.4, 0.5) is 0 Å². The number of imide groups is 2. The number of benzene rings is 4. The van der Waals surface area contributed by atoms with Crippen molar-refractivity contribution in [2.75, 3.05) is 0 Å². The van der Waals surface area contributed by atoms with E-state index in [4.69, 9.17) is 15.9 Å². The highest BCUT2D eigenvalue weighted by Crippen LogP contribution is 2.30. The summed E-state index contributed by atoms with van der Waals surface area (Å²) in [5.74, 6) is 6.00. The molecule has 6 amide bonds. The predicted octanol–water partition coefficient (Wildman–Crippen LogP) is 5.68. The Bertz CT molecular complexity index is 2580. The van der Waals surface area contributed by atoms with E-state index in [1.54, 1.807) is 17.0 Å². The van der Waals surface area contributed by atoms with Gasteiger partial charge in [0, 0.05) is 59.9 Å². The van der Waals surface area contributed by atoms with Gasteiger partial charge in [0.25, 0.3) is 11.8 Å². The van der Waals surface area contributed by atoms with Gasteiger partial charge < -0.3 is 19.3 Å². The summed E-state index contributed by atoms with van der Waals surface area (Å²) in [6.07, 6.45) is 7.52. The molecule has 4 aliphatic rings. The van der Waals surface area contributed by atoms with Crippen molar-refractivity contribution in [1.82, 2.24) is 20.4 Å². The van der Waals surface area contributed by atoms with Crippen LogP contribution in [0.15, 0.2) is 102 Å². The summed E-state index contributed by atoms with van der Waals surface area (Å²) in [5, 5.41) is 4.58. The van der Waals surface area contributed by atoms with Gasteiger partial charge in [0.2, 0.25) is 23.6 Å². The highest BCUT2D eigenvalue weighted by molar-refractivity contribution is 9.10. The lowest BCUT2D eigenvalue weighted by Crippen LogP contribution is -2.52. The van der Waals surface area contributed by atoms with E-state index in [0.717, 1.165) is 26.7 Å². The molecule has 4 aromatic carbocycles. The molecule has 8 rings (SSSR count). The molecule has 0 aliphatic carbocycles. The van der Waals surface area contributed by atoms with Crippen molar-refractivity contribution < 1.29 is 47.8 Å². The average molecular weight is 942 g/mol. The monoisotopic (exact) mass is 940 g/mol. The first-order valence-corrected chi connectivity index (χ1v) is 21.7. The van der Waals surface area contributed by atoms with E-state index >= 15 is 0 Å². The Morgan fingerprint density at radius 3 is 1.62 bits per heavy atom. The third-order valence-corrected chi connectivity index (χ3v) is 11.2. The minimum absolute atomic E-state index is 0.147. The summed E-state index contributed by atoms with van der Waals surface area (Å²) >= 11 is 3.33. The van der Waals surface area contributed by atoms with Crippen molar-refractivity contribution >= 4 is 63.3 Å². The number of hydrogen-bond donors (Lipinski definition) is 2. The van der Waals surface area contributed by atoms with E-state index in [0.29, 0.717) is 68.5 Å². The minimum Gasteiger partial charge on any atom is -0.461 e. The van der Waals surface area contributed by atoms with E-state index < -0.39 is 18.0 Å². The molecule has 65 heavy (non-hydrogen) atoms. The van der Waals surface area contributed by atoms with Gasteiger partial charge in [-0.05, 0) is 59.4 Å². The number of nitrogens with zero attached hydrogens (tertiary/aromatic N) is 2. The lowest BCUT2D eigenvalue weighted by atomic mass is 10.0. The molecule has 15 heteroatoms. The topological polar surface area (TPSA) is 186 Å². The largest absolute Gasteiger partial charge is 0.461 e. The third-order valence-electron chi connectivity index (χ3n) is 10.7. The van der Waals surface area contributed by atoms with Crippen molar-refractivity contribution in [2.24, 2.45) is 0 Å². The first kappa shape index (κ1) is 47.1. The number of amides is 6. The van der Waals surface area contributed by atoms with Gasteiger partial charge in [-0.15, -0.1) is 12.3 Å². The Morgan fingerprint density at radius 1 is 0.646 bits per heavy atom. The fourth-order valence-electron chi connectivity index (χ4n) is 7.28. The van der Waals surface area contributed by atoms with Crippen LogP contribution >= 0.6 is 15.9 Å². The van der Waals surface area contributed by atoms with Crippen molar-refractivity contribution in [3.05, 3.63) is 140 Å². The van der Waals surface area contributed by atoms with Crippen molar-refractivity contribution in [2.45, 2.75) is 89.8 Å². The molecule has 0 radical (unpaired) electrons. The molecule has 4 aliphatic heterocycles. The van der Waals surface area contributed by atoms with Crippen LogP contribution in [0.25, 0.3) is 0 Å². The number of fused-ring (bicyclic) bond motifs is 2. The fourth-order valence-corrected chi connectivity index (χ4v) is 7.64. The lowest BCUT2D eigenvalue weighted by molar-refractivity contribution is -0.145. The number of rotatable bonds is 10. The molecule has 0 aromatic heterocycles. The molecular formula is C50H45BrN4O10. The van der Waals surface area contributed by atoms with Gasteiger partial charge in [-0.2, -0.15) is 0 Å². The number of hydrogen-bond acceptors (Lipinski definition) is 10. The minimum atomic E-state index is -0.635. The van der Waals surface area contributed by atoms with Gasteiger partial charge in [0.1, 0.15) is 25.3 Å². The van der Waals surface area contributed by atoms with Crippen LogP contribution in [0.3, 0.4) is 0 Å². The van der Waals surface area contributed by atoms with Crippen LogP contribution in [-0.4, -0.2) is 69.3 Å². The highest BCUT2D eigenvalue weighted by Gasteiger charge is 2.40. The Hall–Kier alpha value is -7.36. The maximum absolute atomic E-state index is 12.8. The van der Waals surface area contributed by atoms with Crippen LogP contribution in [0.5, 0.6) is 0 Å². The standard InChI is InChI=1S/C25H22N2O5.C13H11BrN2O3.C12H12O2/c28-22-13-12-21(24(30)26-22)27-15-19-11-10-17(14-20(19)25(27)31)6-4-5-9-23(29)32-16-18-7-2-1-3-8-18;14-8-2-1-7-6-16(13(19)9(7)5-8)10-3-4-11(17)15-12(10)18;1-2-3-9-12(13)14-10-11-7-5-4-6-8-11/h1-3,7-8,10-11,14,21H,5,9,12-13,15-16H2,(H,26,28,30);1-2,5,10H,3-4,6H2,(H,15,17,18);1,4-8H,3,9-10H2. The smallest absolute Gasteiger partial charge is 0.307 e. The maximum atomic E-state index is 12.8. The third kappa shape index (κ3) is 13.1. The van der Waals surface area contributed by atoms with Gasteiger partial charge in [0.05, 0.1) is 12.8 Å². The molecule has 4 heterocycles. The molecule has 4 aromatic rings. The zero-order valence-corrected chi connectivity index (χ0v) is 36.9. The molecule has 0 saturated carbocycles. The van der Waals surface area contributed by atoms with Crippen LogP contribution in [-0.2, 0) is 64.5 Å². The number of esters is 2. The Kier molecular flexibility index (Phi) is 16.6. The molecule has 0 bridgehead atoms. The first-order chi connectivity index (χ1) is 31.4. The number of carbonyl (C=O) groups excluding carboxylic acids is 8. The summed E-state index contributed by atoms with van der Waals surface area (Å²) in [5.41, 5.74) is 5.47. The molecule has 332 valence electrons. The molecule has 2 unspecified atom stereocenters.